The minimum atomic E-state index is -1.04. The molecule has 5 heteroatoms. The summed E-state index contributed by atoms with van der Waals surface area (Å²) < 4.78 is 0. The number of hydrogen-bond donors (Lipinski definition) is 3. The predicted molar refractivity (Wildman–Crippen MR) is 85.1 cm³/mol. The van der Waals surface area contributed by atoms with Crippen molar-refractivity contribution in [3.63, 3.8) is 0 Å². The van der Waals surface area contributed by atoms with Gasteiger partial charge in [-0.1, -0.05) is 30.3 Å². The van der Waals surface area contributed by atoms with Crippen LogP contribution in [-0.2, 0) is 11.2 Å². The summed E-state index contributed by atoms with van der Waals surface area (Å²) in [5, 5.41) is 19.8. The first-order valence-corrected chi connectivity index (χ1v) is 7.98. The molecule has 0 saturated carbocycles. The number of benzene rings is 1. The van der Waals surface area contributed by atoms with Gasteiger partial charge >= 0.3 is 0 Å². The van der Waals surface area contributed by atoms with E-state index < -0.39 is 12.0 Å². The molecule has 22 heavy (non-hydrogen) atoms. The summed E-state index contributed by atoms with van der Waals surface area (Å²) in [5.41, 5.74) is 6.38. The second-order valence-electron chi connectivity index (χ2n) is 6.16. The fraction of sp³-hybridized carbons (Fsp3) is 0.588. The number of primary amides is 1. The number of carbonyl (C=O) groups excluding carboxylic acids is 1. The van der Waals surface area contributed by atoms with Crippen LogP contribution in [0.1, 0.15) is 24.8 Å². The Kier molecular flexibility index (Phi) is 6.36. The number of rotatable bonds is 7. The summed E-state index contributed by atoms with van der Waals surface area (Å²) in [7, 11) is 0. The van der Waals surface area contributed by atoms with Crippen LogP contribution in [0, 0.1) is 5.92 Å². The largest absolute Gasteiger partial charge is 0.392 e. The molecule has 1 fully saturated rings. The number of aliphatic hydroxyl groups excluding tert-OH is 2. The minimum Gasteiger partial charge on any atom is -0.392 e. The molecule has 0 aliphatic carbocycles. The monoisotopic (exact) mass is 306 g/mol. The van der Waals surface area contributed by atoms with Gasteiger partial charge in [0, 0.05) is 6.54 Å². The number of piperidine rings is 1. The SMILES string of the molecule is NC(=O)[C@@H](O)C1CCN(C[C@@H](O)CCc2ccccc2)CC1. The molecule has 0 bridgehead atoms. The van der Waals surface area contributed by atoms with Crippen LogP contribution in [0.5, 0.6) is 0 Å². The van der Waals surface area contributed by atoms with Crippen LogP contribution in [0.15, 0.2) is 30.3 Å². The van der Waals surface area contributed by atoms with E-state index in [1.165, 1.54) is 5.56 Å². The van der Waals surface area contributed by atoms with Crippen LogP contribution in [0.4, 0.5) is 0 Å². The van der Waals surface area contributed by atoms with Crippen molar-refractivity contribution in [2.45, 2.75) is 37.9 Å². The summed E-state index contributed by atoms with van der Waals surface area (Å²) >= 11 is 0. The molecule has 2 atom stereocenters. The third-order valence-corrected chi connectivity index (χ3v) is 4.45. The fourth-order valence-corrected chi connectivity index (χ4v) is 3.05. The fourth-order valence-electron chi connectivity index (χ4n) is 3.05. The van der Waals surface area contributed by atoms with Gasteiger partial charge in [0.05, 0.1) is 6.10 Å². The molecule has 2 rings (SSSR count). The Morgan fingerprint density at radius 2 is 1.86 bits per heavy atom. The molecule has 5 nitrogen and oxygen atoms in total. The molecule has 1 aromatic rings. The normalized spacial score (nSPS) is 19.7. The van der Waals surface area contributed by atoms with E-state index in [2.05, 4.69) is 17.0 Å². The molecule has 1 aromatic carbocycles. The highest BCUT2D eigenvalue weighted by Crippen LogP contribution is 2.21. The van der Waals surface area contributed by atoms with Gasteiger partial charge in [-0.05, 0) is 50.3 Å². The Hall–Kier alpha value is -1.43. The van der Waals surface area contributed by atoms with Crippen LogP contribution in [-0.4, -0.2) is 52.9 Å². The number of likely N-dealkylation sites (tertiary alicyclic amines) is 1. The van der Waals surface area contributed by atoms with Crippen LogP contribution < -0.4 is 5.73 Å². The standard InChI is InChI=1S/C17H26N2O3/c18-17(22)16(21)14-8-10-19(11-9-14)12-15(20)7-6-13-4-2-1-3-5-13/h1-5,14-16,20-21H,6-12H2,(H2,18,22)/t15-,16-/m0/s1. The van der Waals surface area contributed by atoms with E-state index in [0.717, 1.165) is 38.8 Å². The molecular formula is C17H26N2O3. The Balaban J connectivity index is 1.68. The maximum atomic E-state index is 11.0. The van der Waals surface area contributed by atoms with E-state index >= 15 is 0 Å². The van der Waals surface area contributed by atoms with E-state index in [0.29, 0.717) is 6.54 Å². The van der Waals surface area contributed by atoms with Crippen molar-refractivity contribution < 1.29 is 15.0 Å². The Bertz CT molecular complexity index is 458. The molecule has 1 heterocycles. The number of amides is 1. The number of hydrogen-bond acceptors (Lipinski definition) is 4. The number of carbonyl (C=O) groups is 1. The smallest absolute Gasteiger partial charge is 0.246 e. The van der Waals surface area contributed by atoms with Crippen molar-refractivity contribution in [1.29, 1.82) is 0 Å². The van der Waals surface area contributed by atoms with Gasteiger partial charge in [0.2, 0.25) is 5.91 Å². The molecule has 1 amide bonds. The van der Waals surface area contributed by atoms with E-state index in [1.54, 1.807) is 0 Å². The zero-order chi connectivity index (χ0) is 15.9. The Morgan fingerprint density at radius 1 is 1.23 bits per heavy atom. The van der Waals surface area contributed by atoms with Crippen molar-refractivity contribution in [3.8, 4) is 0 Å². The summed E-state index contributed by atoms with van der Waals surface area (Å²) in [6, 6.07) is 10.2. The van der Waals surface area contributed by atoms with Crippen molar-refractivity contribution in [3.05, 3.63) is 35.9 Å². The van der Waals surface area contributed by atoms with Gasteiger partial charge in [0.25, 0.3) is 0 Å². The number of nitrogens with two attached hydrogens (primary N) is 1. The molecule has 1 aliphatic heterocycles. The number of aryl methyl sites for hydroxylation is 1. The highest BCUT2D eigenvalue weighted by Gasteiger charge is 2.28. The van der Waals surface area contributed by atoms with Gasteiger partial charge in [-0.3, -0.25) is 4.79 Å². The van der Waals surface area contributed by atoms with Crippen molar-refractivity contribution in [1.82, 2.24) is 4.90 Å². The van der Waals surface area contributed by atoms with Gasteiger partial charge in [-0.2, -0.15) is 0 Å². The van der Waals surface area contributed by atoms with Crippen LogP contribution in [0.3, 0.4) is 0 Å². The number of nitrogens with zero attached hydrogens (tertiary/aromatic N) is 1. The summed E-state index contributed by atoms with van der Waals surface area (Å²) in [5.74, 6) is -0.684. The van der Waals surface area contributed by atoms with E-state index in [9.17, 15) is 15.0 Å². The zero-order valence-electron chi connectivity index (χ0n) is 12.9. The van der Waals surface area contributed by atoms with E-state index in [-0.39, 0.29) is 12.0 Å². The molecule has 0 spiro atoms. The first-order chi connectivity index (χ1) is 10.6. The minimum absolute atomic E-state index is 0.0461. The Labute approximate surface area is 131 Å². The van der Waals surface area contributed by atoms with Gasteiger partial charge in [0.1, 0.15) is 6.10 Å². The average Bonchev–Trinajstić information content (AvgIpc) is 2.54. The summed E-state index contributed by atoms with van der Waals surface area (Å²) in [4.78, 5) is 13.2. The maximum Gasteiger partial charge on any atom is 0.246 e. The topological polar surface area (TPSA) is 86.8 Å². The third kappa shape index (κ3) is 5.09. The lowest BCUT2D eigenvalue weighted by Crippen LogP contribution is -2.44. The molecule has 0 unspecified atom stereocenters. The lowest BCUT2D eigenvalue weighted by atomic mass is 9.90. The molecule has 1 aliphatic rings. The average molecular weight is 306 g/mol. The van der Waals surface area contributed by atoms with Gasteiger partial charge in [-0.15, -0.1) is 0 Å². The first-order valence-electron chi connectivity index (χ1n) is 7.98. The molecule has 0 radical (unpaired) electrons. The van der Waals surface area contributed by atoms with Crippen LogP contribution >= 0.6 is 0 Å². The molecule has 122 valence electrons. The lowest BCUT2D eigenvalue weighted by molar-refractivity contribution is -0.129. The van der Waals surface area contributed by atoms with Gasteiger partial charge < -0.3 is 20.8 Å². The Morgan fingerprint density at radius 3 is 2.45 bits per heavy atom. The highest BCUT2D eigenvalue weighted by atomic mass is 16.3. The lowest BCUT2D eigenvalue weighted by Gasteiger charge is -2.34. The maximum absolute atomic E-state index is 11.0. The van der Waals surface area contributed by atoms with Crippen LogP contribution in [0.2, 0.25) is 0 Å². The van der Waals surface area contributed by atoms with E-state index in [1.807, 2.05) is 18.2 Å². The van der Waals surface area contributed by atoms with Crippen LogP contribution in [0.25, 0.3) is 0 Å². The van der Waals surface area contributed by atoms with Gasteiger partial charge in [0.15, 0.2) is 0 Å². The predicted octanol–water partition coefficient (Wildman–Crippen LogP) is 0.538. The summed E-state index contributed by atoms with van der Waals surface area (Å²) in [6.45, 7) is 2.22. The number of aliphatic hydroxyl groups is 2. The van der Waals surface area contributed by atoms with Crippen molar-refractivity contribution in [2.24, 2.45) is 11.7 Å². The van der Waals surface area contributed by atoms with E-state index in [4.69, 9.17) is 5.73 Å². The number of β-amino-alcohol motifs (C(OH)–C–C–N with tert-alkyl or cyclic N) is 1. The third-order valence-electron chi connectivity index (χ3n) is 4.45. The molecule has 1 saturated heterocycles. The molecule has 4 N–H and O–H groups in total. The quantitative estimate of drug-likeness (QED) is 0.686. The second kappa shape index (κ2) is 8.27. The first kappa shape index (κ1) is 16.9. The molecular weight excluding hydrogens is 280 g/mol. The summed E-state index contributed by atoms with van der Waals surface area (Å²) in [6.07, 6.45) is 1.72. The van der Waals surface area contributed by atoms with Crippen molar-refractivity contribution >= 4 is 5.91 Å². The second-order valence-corrected chi connectivity index (χ2v) is 6.16. The molecule has 0 aromatic heterocycles. The zero-order valence-corrected chi connectivity index (χ0v) is 12.9. The van der Waals surface area contributed by atoms with Gasteiger partial charge in [-0.25, -0.2) is 0 Å². The van der Waals surface area contributed by atoms with Crippen molar-refractivity contribution in [2.75, 3.05) is 19.6 Å². The highest BCUT2D eigenvalue weighted by molar-refractivity contribution is 5.78.